The first-order chi connectivity index (χ1) is 8.81. The third kappa shape index (κ3) is 1.73. The van der Waals surface area contributed by atoms with Crippen LogP contribution in [0.4, 0.5) is 5.82 Å². The standard InChI is InChI=1S/C13H15N3O2/c1-2-8-5-9-6-11-12(18-4-3-17-11)7-10(9)15-13(8)16-14/h5-7H,2-4,14H2,1H3,(H,15,16). The number of hydrogen-bond donors (Lipinski definition) is 2. The van der Waals surface area contributed by atoms with Crippen LogP contribution in [0.25, 0.3) is 10.9 Å². The zero-order chi connectivity index (χ0) is 12.5. The Bertz CT molecular complexity index is 515. The number of hydrazine groups is 1. The van der Waals surface area contributed by atoms with Crippen LogP contribution in [0.2, 0.25) is 0 Å². The number of benzene rings is 1. The summed E-state index contributed by atoms with van der Waals surface area (Å²) in [4.78, 5) is 4.50. The monoisotopic (exact) mass is 245 g/mol. The van der Waals surface area contributed by atoms with E-state index in [-0.39, 0.29) is 0 Å². The Labute approximate surface area is 105 Å². The molecule has 3 N–H and O–H groups in total. The molecule has 5 heteroatoms. The Balaban J connectivity index is 2.21. The van der Waals surface area contributed by atoms with Crippen molar-refractivity contribution in [2.75, 3.05) is 18.6 Å². The fraction of sp³-hybridized carbons (Fsp3) is 0.308. The van der Waals surface area contributed by atoms with E-state index in [2.05, 4.69) is 23.4 Å². The third-order valence-electron chi connectivity index (χ3n) is 3.08. The summed E-state index contributed by atoms with van der Waals surface area (Å²) in [7, 11) is 0. The minimum atomic E-state index is 0.577. The van der Waals surface area contributed by atoms with Crippen LogP contribution in [-0.4, -0.2) is 18.2 Å². The van der Waals surface area contributed by atoms with Gasteiger partial charge in [0, 0.05) is 11.5 Å². The second-order valence-corrected chi connectivity index (χ2v) is 4.18. The van der Waals surface area contributed by atoms with E-state index in [1.54, 1.807) is 0 Å². The van der Waals surface area contributed by atoms with E-state index in [4.69, 9.17) is 15.3 Å². The SMILES string of the molecule is CCc1cc2cc3c(cc2nc1NN)OCCO3. The molecule has 0 fully saturated rings. The van der Waals surface area contributed by atoms with Gasteiger partial charge in [-0.1, -0.05) is 6.92 Å². The largest absolute Gasteiger partial charge is 0.486 e. The molecule has 0 amide bonds. The van der Waals surface area contributed by atoms with Crippen molar-refractivity contribution >= 4 is 16.7 Å². The van der Waals surface area contributed by atoms with Gasteiger partial charge in [-0.25, -0.2) is 10.8 Å². The number of aryl methyl sites for hydroxylation is 1. The van der Waals surface area contributed by atoms with E-state index in [1.807, 2.05) is 12.1 Å². The molecule has 5 nitrogen and oxygen atoms in total. The lowest BCUT2D eigenvalue weighted by Gasteiger charge is -2.19. The van der Waals surface area contributed by atoms with Crippen molar-refractivity contribution < 1.29 is 9.47 Å². The molecule has 1 aliphatic heterocycles. The average molecular weight is 245 g/mol. The molecule has 2 heterocycles. The van der Waals surface area contributed by atoms with Gasteiger partial charge in [0.05, 0.1) is 5.52 Å². The number of nitrogens with two attached hydrogens (primary N) is 1. The first-order valence-electron chi connectivity index (χ1n) is 6.01. The summed E-state index contributed by atoms with van der Waals surface area (Å²) < 4.78 is 11.1. The first kappa shape index (κ1) is 11.1. The minimum Gasteiger partial charge on any atom is -0.486 e. The van der Waals surface area contributed by atoms with Crippen molar-refractivity contribution in [2.24, 2.45) is 5.84 Å². The van der Waals surface area contributed by atoms with Gasteiger partial charge in [0.25, 0.3) is 0 Å². The van der Waals surface area contributed by atoms with Crippen molar-refractivity contribution in [3.8, 4) is 11.5 Å². The van der Waals surface area contributed by atoms with Crippen LogP contribution in [0.15, 0.2) is 18.2 Å². The van der Waals surface area contributed by atoms with Gasteiger partial charge >= 0.3 is 0 Å². The van der Waals surface area contributed by atoms with Crippen LogP contribution in [-0.2, 0) is 6.42 Å². The number of nitrogens with one attached hydrogen (secondary N) is 1. The topological polar surface area (TPSA) is 69.4 Å². The quantitative estimate of drug-likeness (QED) is 0.624. The van der Waals surface area contributed by atoms with E-state index in [0.717, 1.165) is 34.4 Å². The number of pyridine rings is 1. The molecule has 1 aliphatic rings. The lowest BCUT2D eigenvalue weighted by Crippen LogP contribution is -2.15. The Kier molecular flexibility index (Phi) is 2.68. The van der Waals surface area contributed by atoms with E-state index >= 15 is 0 Å². The molecule has 18 heavy (non-hydrogen) atoms. The first-order valence-corrected chi connectivity index (χ1v) is 6.01. The molecular weight excluding hydrogens is 230 g/mol. The summed E-state index contributed by atoms with van der Waals surface area (Å²) >= 11 is 0. The highest BCUT2D eigenvalue weighted by molar-refractivity contribution is 5.85. The fourth-order valence-electron chi connectivity index (χ4n) is 2.15. The molecule has 0 aliphatic carbocycles. The highest BCUT2D eigenvalue weighted by Gasteiger charge is 2.14. The summed E-state index contributed by atoms with van der Waals surface area (Å²) in [5.41, 5.74) is 4.57. The maximum Gasteiger partial charge on any atom is 0.163 e. The van der Waals surface area contributed by atoms with E-state index in [9.17, 15) is 0 Å². The average Bonchev–Trinajstić information content (AvgIpc) is 2.43. The van der Waals surface area contributed by atoms with Gasteiger partial charge in [-0.2, -0.15) is 0 Å². The van der Waals surface area contributed by atoms with Crippen molar-refractivity contribution in [3.05, 3.63) is 23.8 Å². The van der Waals surface area contributed by atoms with Crippen molar-refractivity contribution in [1.29, 1.82) is 0 Å². The predicted molar refractivity (Wildman–Crippen MR) is 69.9 cm³/mol. The zero-order valence-electron chi connectivity index (χ0n) is 10.2. The number of nitrogens with zero attached hydrogens (tertiary/aromatic N) is 1. The van der Waals surface area contributed by atoms with Crippen LogP contribution in [0.3, 0.4) is 0 Å². The highest BCUT2D eigenvalue weighted by Crippen LogP contribution is 2.35. The molecule has 1 aromatic carbocycles. The number of hydrogen-bond acceptors (Lipinski definition) is 5. The lowest BCUT2D eigenvalue weighted by molar-refractivity contribution is 0.172. The van der Waals surface area contributed by atoms with Gasteiger partial charge in [-0.15, -0.1) is 0 Å². The van der Waals surface area contributed by atoms with Crippen LogP contribution in [0.5, 0.6) is 11.5 Å². The zero-order valence-corrected chi connectivity index (χ0v) is 10.2. The van der Waals surface area contributed by atoms with Crippen LogP contribution in [0, 0.1) is 0 Å². The molecule has 1 aromatic heterocycles. The van der Waals surface area contributed by atoms with E-state index < -0.39 is 0 Å². The van der Waals surface area contributed by atoms with Crippen molar-refractivity contribution in [3.63, 3.8) is 0 Å². The summed E-state index contributed by atoms with van der Waals surface area (Å²) in [5.74, 6) is 7.72. The normalized spacial score (nSPS) is 13.7. The van der Waals surface area contributed by atoms with Crippen LogP contribution < -0.4 is 20.7 Å². The van der Waals surface area contributed by atoms with Gasteiger partial charge in [0.1, 0.15) is 19.0 Å². The molecule has 0 atom stereocenters. The van der Waals surface area contributed by atoms with E-state index in [0.29, 0.717) is 19.0 Å². The summed E-state index contributed by atoms with van der Waals surface area (Å²) in [6.45, 7) is 3.24. The number of rotatable bonds is 2. The molecule has 2 aromatic rings. The third-order valence-corrected chi connectivity index (χ3v) is 3.08. The van der Waals surface area contributed by atoms with Gasteiger partial charge in [0.15, 0.2) is 11.5 Å². The van der Waals surface area contributed by atoms with Gasteiger partial charge in [0.2, 0.25) is 0 Å². The van der Waals surface area contributed by atoms with Crippen LogP contribution in [0.1, 0.15) is 12.5 Å². The van der Waals surface area contributed by atoms with Gasteiger partial charge in [-0.3, -0.25) is 0 Å². The highest BCUT2D eigenvalue weighted by atomic mass is 16.6. The summed E-state index contributed by atoms with van der Waals surface area (Å²) in [6, 6.07) is 5.94. The number of anilines is 1. The maximum atomic E-state index is 5.57. The number of nitrogen functional groups attached to an aromatic ring is 1. The molecule has 3 rings (SSSR count). The maximum absolute atomic E-state index is 5.57. The lowest BCUT2D eigenvalue weighted by atomic mass is 10.1. The van der Waals surface area contributed by atoms with Gasteiger partial charge in [-0.05, 0) is 24.1 Å². The molecule has 0 saturated heterocycles. The Morgan fingerprint density at radius 2 is 1.94 bits per heavy atom. The molecule has 0 saturated carbocycles. The number of aromatic nitrogens is 1. The van der Waals surface area contributed by atoms with Crippen LogP contribution >= 0.6 is 0 Å². The number of ether oxygens (including phenoxy) is 2. The van der Waals surface area contributed by atoms with Gasteiger partial charge < -0.3 is 14.9 Å². The predicted octanol–water partition coefficient (Wildman–Crippen LogP) is 1.85. The summed E-state index contributed by atoms with van der Waals surface area (Å²) in [6.07, 6.45) is 0.872. The molecule has 0 unspecified atom stereocenters. The molecule has 94 valence electrons. The van der Waals surface area contributed by atoms with Crippen molar-refractivity contribution in [2.45, 2.75) is 13.3 Å². The Morgan fingerprint density at radius 1 is 1.22 bits per heavy atom. The minimum absolute atomic E-state index is 0.577. The molecule has 0 spiro atoms. The van der Waals surface area contributed by atoms with E-state index in [1.165, 1.54) is 0 Å². The summed E-state index contributed by atoms with van der Waals surface area (Å²) in [5, 5.41) is 1.04. The Hall–Kier alpha value is -2.01. The Morgan fingerprint density at radius 3 is 2.61 bits per heavy atom. The number of fused-ring (bicyclic) bond motifs is 2. The second kappa shape index (κ2) is 4.34. The molecule has 0 bridgehead atoms. The molecule has 0 radical (unpaired) electrons. The molecular formula is C13H15N3O2. The smallest absolute Gasteiger partial charge is 0.163 e. The second-order valence-electron chi connectivity index (χ2n) is 4.18. The fourth-order valence-corrected chi connectivity index (χ4v) is 2.15. The van der Waals surface area contributed by atoms with Crippen molar-refractivity contribution in [1.82, 2.24) is 4.98 Å².